The van der Waals surface area contributed by atoms with Crippen LogP contribution in [0.15, 0.2) is 64.1 Å². The average molecular weight is 478 g/mol. The van der Waals surface area contributed by atoms with E-state index in [0.29, 0.717) is 6.61 Å². The summed E-state index contributed by atoms with van der Waals surface area (Å²) < 4.78 is 6.49. The molecule has 0 bridgehead atoms. The highest BCUT2D eigenvalue weighted by Crippen LogP contribution is 2.60. The SMILES string of the molecule is CC1(C)[C@H](C(=O)OCc2cccc(Cc3ccccc3)c2)[C@@H]1C=C(Br)Br. The number of hydrogen-bond acceptors (Lipinski definition) is 2. The maximum Gasteiger partial charge on any atom is 0.310 e. The van der Waals surface area contributed by atoms with Crippen molar-refractivity contribution in [1.82, 2.24) is 0 Å². The van der Waals surface area contributed by atoms with Gasteiger partial charge in [-0.2, -0.15) is 0 Å². The molecule has 1 saturated carbocycles. The van der Waals surface area contributed by atoms with Crippen molar-refractivity contribution in [3.05, 3.63) is 80.8 Å². The molecule has 0 heterocycles. The number of rotatable bonds is 6. The first kappa shape index (κ1) is 19.4. The monoisotopic (exact) mass is 476 g/mol. The molecule has 4 heteroatoms. The molecular weight excluding hydrogens is 456 g/mol. The largest absolute Gasteiger partial charge is 0.461 e. The van der Waals surface area contributed by atoms with Crippen LogP contribution in [0.2, 0.25) is 0 Å². The molecule has 1 aliphatic rings. The molecule has 0 radical (unpaired) electrons. The zero-order chi connectivity index (χ0) is 18.7. The second-order valence-corrected chi connectivity index (χ2v) is 10.1. The first-order chi connectivity index (χ1) is 12.4. The van der Waals surface area contributed by atoms with Gasteiger partial charge in [-0.05, 0) is 66.3 Å². The van der Waals surface area contributed by atoms with E-state index in [4.69, 9.17) is 4.74 Å². The van der Waals surface area contributed by atoms with Gasteiger partial charge in [-0.3, -0.25) is 4.79 Å². The Morgan fingerprint density at radius 3 is 2.38 bits per heavy atom. The summed E-state index contributed by atoms with van der Waals surface area (Å²) in [6, 6.07) is 18.6. The molecule has 136 valence electrons. The Morgan fingerprint density at radius 1 is 1.04 bits per heavy atom. The number of carbonyl (C=O) groups is 1. The molecular formula is C22H22Br2O2. The van der Waals surface area contributed by atoms with Crippen molar-refractivity contribution < 1.29 is 9.53 Å². The van der Waals surface area contributed by atoms with Crippen LogP contribution in [-0.2, 0) is 22.6 Å². The second kappa shape index (κ2) is 8.10. The summed E-state index contributed by atoms with van der Waals surface area (Å²) in [5.74, 6) is -0.000714. The topological polar surface area (TPSA) is 26.3 Å². The Kier molecular flexibility index (Phi) is 6.03. The summed E-state index contributed by atoms with van der Waals surface area (Å²) in [7, 11) is 0. The van der Waals surface area contributed by atoms with Gasteiger partial charge in [0.25, 0.3) is 0 Å². The van der Waals surface area contributed by atoms with E-state index in [1.165, 1.54) is 11.1 Å². The number of benzene rings is 2. The van der Waals surface area contributed by atoms with E-state index in [2.05, 4.69) is 82.1 Å². The van der Waals surface area contributed by atoms with Crippen molar-refractivity contribution in [3.63, 3.8) is 0 Å². The minimum absolute atomic E-state index is 0.0565. The van der Waals surface area contributed by atoms with Crippen molar-refractivity contribution in [2.45, 2.75) is 26.9 Å². The number of halogens is 2. The predicted octanol–water partition coefficient (Wildman–Crippen LogP) is 6.22. The minimum atomic E-state index is -0.119. The molecule has 2 aromatic carbocycles. The van der Waals surface area contributed by atoms with Crippen LogP contribution in [0.25, 0.3) is 0 Å². The predicted molar refractivity (Wildman–Crippen MR) is 112 cm³/mol. The lowest BCUT2D eigenvalue weighted by atomic mass is 10.0. The fourth-order valence-corrected chi connectivity index (χ4v) is 4.05. The number of hydrogen-bond donors (Lipinski definition) is 0. The lowest BCUT2D eigenvalue weighted by Crippen LogP contribution is -2.10. The standard InChI is InChI=1S/C22H22Br2O2/c1-22(2)18(13-19(23)24)20(22)21(25)26-14-17-10-6-9-16(12-17)11-15-7-4-3-5-8-15/h3-10,12-13,18,20H,11,14H2,1-2H3/t18-,20-/m0/s1. The average Bonchev–Trinajstić information content (AvgIpc) is 3.13. The molecule has 2 nitrogen and oxygen atoms in total. The molecule has 0 spiro atoms. The van der Waals surface area contributed by atoms with Crippen LogP contribution >= 0.6 is 31.9 Å². The first-order valence-electron chi connectivity index (χ1n) is 8.69. The lowest BCUT2D eigenvalue weighted by Gasteiger charge is -2.08. The molecule has 0 N–H and O–H groups in total. The number of allylic oxidation sites excluding steroid dienone is 1. The van der Waals surface area contributed by atoms with Gasteiger partial charge in [0.05, 0.1) is 9.31 Å². The van der Waals surface area contributed by atoms with Crippen molar-refractivity contribution in [1.29, 1.82) is 0 Å². The Morgan fingerprint density at radius 2 is 1.69 bits per heavy atom. The maximum atomic E-state index is 12.5. The second-order valence-electron chi connectivity index (χ2n) is 7.37. The number of esters is 1. The third kappa shape index (κ3) is 4.66. The van der Waals surface area contributed by atoms with Gasteiger partial charge in [-0.15, -0.1) is 0 Å². The Labute approximate surface area is 171 Å². The summed E-state index contributed by atoms with van der Waals surface area (Å²) in [4.78, 5) is 12.5. The van der Waals surface area contributed by atoms with Gasteiger partial charge in [0.2, 0.25) is 0 Å². The summed E-state index contributed by atoms with van der Waals surface area (Å²) in [6.07, 6.45) is 2.91. The fraction of sp³-hybridized carbons (Fsp3) is 0.318. The Balaban J connectivity index is 1.59. The normalized spacial score (nSPS) is 20.3. The van der Waals surface area contributed by atoms with Crippen LogP contribution in [0, 0.1) is 17.3 Å². The highest BCUT2D eigenvalue weighted by molar-refractivity contribution is 9.28. The molecule has 0 aromatic heterocycles. The van der Waals surface area contributed by atoms with Gasteiger partial charge in [0.1, 0.15) is 6.61 Å². The maximum absolute atomic E-state index is 12.5. The molecule has 26 heavy (non-hydrogen) atoms. The van der Waals surface area contributed by atoms with E-state index in [9.17, 15) is 4.79 Å². The molecule has 0 unspecified atom stereocenters. The first-order valence-corrected chi connectivity index (χ1v) is 10.3. The van der Waals surface area contributed by atoms with E-state index >= 15 is 0 Å². The van der Waals surface area contributed by atoms with Gasteiger partial charge >= 0.3 is 5.97 Å². The number of carbonyl (C=O) groups excluding carboxylic acids is 1. The van der Waals surface area contributed by atoms with Gasteiger partial charge in [-0.1, -0.05) is 74.5 Å². The van der Waals surface area contributed by atoms with Crippen molar-refractivity contribution in [2.24, 2.45) is 17.3 Å². The van der Waals surface area contributed by atoms with E-state index in [1.54, 1.807) is 0 Å². The zero-order valence-electron chi connectivity index (χ0n) is 14.9. The van der Waals surface area contributed by atoms with Crippen LogP contribution in [0.3, 0.4) is 0 Å². The van der Waals surface area contributed by atoms with Crippen LogP contribution in [0.5, 0.6) is 0 Å². The van der Waals surface area contributed by atoms with Crippen LogP contribution < -0.4 is 0 Å². The molecule has 1 fully saturated rings. The minimum Gasteiger partial charge on any atom is -0.461 e. The smallest absolute Gasteiger partial charge is 0.310 e. The van der Waals surface area contributed by atoms with Crippen molar-refractivity contribution in [3.8, 4) is 0 Å². The van der Waals surface area contributed by atoms with E-state index in [0.717, 1.165) is 15.4 Å². The van der Waals surface area contributed by atoms with Gasteiger partial charge in [-0.25, -0.2) is 0 Å². The van der Waals surface area contributed by atoms with E-state index in [-0.39, 0.29) is 23.2 Å². The van der Waals surface area contributed by atoms with Crippen LogP contribution in [0.4, 0.5) is 0 Å². The summed E-state index contributed by atoms with van der Waals surface area (Å²) >= 11 is 6.76. The third-order valence-electron chi connectivity index (χ3n) is 5.09. The highest BCUT2D eigenvalue weighted by atomic mass is 79.9. The molecule has 2 aromatic rings. The lowest BCUT2D eigenvalue weighted by molar-refractivity contribution is -0.147. The Hall–Kier alpha value is -1.39. The van der Waals surface area contributed by atoms with Gasteiger partial charge < -0.3 is 4.74 Å². The van der Waals surface area contributed by atoms with Crippen molar-refractivity contribution >= 4 is 37.8 Å². The van der Waals surface area contributed by atoms with Gasteiger partial charge in [0, 0.05) is 0 Å². The summed E-state index contributed by atoms with van der Waals surface area (Å²) in [5, 5.41) is 0. The molecule has 3 rings (SSSR count). The van der Waals surface area contributed by atoms with E-state index < -0.39 is 0 Å². The molecule has 1 aliphatic carbocycles. The fourth-order valence-electron chi connectivity index (χ4n) is 3.48. The quantitative estimate of drug-likeness (QED) is 0.461. The summed E-state index contributed by atoms with van der Waals surface area (Å²) in [6.45, 7) is 4.52. The Bertz CT molecular complexity index is 808. The summed E-state index contributed by atoms with van der Waals surface area (Å²) in [5.41, 5.74) is 3.47. The molecule has 2 atom stereocenters. The third-order valence-corrected chi connectivity index (χ3v) is 5.62. The van der Waals surface area contributed by atoms with Gasteiger partial charge in [0.15, 0.2) is 0 Å². The van der Waals surface area contributed by atoms with Crippen LogP contribution in [0.1, 0.15) is 30.5 Å². The number of ether oxygens (including phenoxy) is 1. The highest BCUT2D eigenvalue weighted by Gasteiger charge is 2.61. The molecule has 0 aliphatic heterocycles. The zero-order valence-corrected chi connectivity index (χ0v) is 18.1. The molecule has 0 saturated heterocycles. The van der Waals surface area contributed by atoms with Crippen molar-refractivity contribution in [2.75, 3.05) is 0 Å². The molecule has 0 amide bonds. The van der Waals surface area contributed by atoms with Crippen LogP contribution in [-0.4, -0.2) is 5.97 Å². The van der Waals surface area contributed by atoms with E-state index in [1.807, 2.05) is 24.3 Å².